The van der Waals surface area contributed by atoms with E-state index in [1.807, 2.05) is 11.8 Å². The van der Waals surface area contributed by atoms with Gasteiger partial charge >= 0.3 is 0 Å². The lowest BCUT2D eigenvalue weighted by molar-refractivity contribution is 0.0598. The van der Waals surface area contributed by atoms with Crippen molar-refractivity contribution < 1.29 is 13.6 Å². The van der Waals surface area contributed by atoms with E-state index in [0.717, 1.165) is 30.3 Å². The molecular formula is C19H20FN3O2S. The Morgan fingerprint density at radius 1 is 1.27 bits per heavy atom. The van der Waals surface area contributed by atoms with E-state index in [1.165, 1.54) is 12.1 Å². The molecule has 0 bridgehead atoms. The normalized spacial score (nSPS) is 15.7. The van der Waals surface area contributed by atoms with Gasteiger partial charge in [-0.15, -0.1) is 11.3 Å². The van der Waals surface area contributed by atoms with Crippen LogP contribution in [0.3, 0.4) is 0 Å². The van der Waals surface area contributed by atoms with Crippen molar-refractivity contribution >= 4 is 28.2 Å². The molecule has 0 saturated carbocycles. The molecule has 1 fully saturated rings. The van der Waals surface area contributed by atoms with Crippen LogP contribution >= 0.6 is 11.3 Å². The molecule has 7 heteroatoms. The molecule has 0 N–H and O–H groups in total. The van der Waals surface area contributed by atoms with Gasteiger partial charge in [0, 0.05) is 49.1 Å². The number of piperazine rings is 1. The Kier molecular flexibility index (Phi) is 4.50. The topological polar surface area (TPSA) is 49.6 Å². The summed E-state index contributed by atoms with van der Waals surface area (Å²) in [7, 11) is 0. The lowest BCUT2D eigenvalue weighted by atomic mass is 10.1. The predicted molar refractivity (Wildman–Crippen MR) is 98.9 cm³/mol. The second-order valence-electron chi connectivity index (χ2n) is 6.62. The minimum Gasteiger partial charge on any atom is -0.451 e. The summed E-state index contributed by atoms with van der Waals surface area (Å²) in [6.45, 7) is 7.52. The third kappa shape index (κ3) is 3.24. The highest BCUT2D eigenvalue weighted by molar-refractivity contribution is 7.09. The van der Waals surface area contributed by atoms with Gasteiger partial charge in [0.2, 0.25) is 0 Å². The first-order chi connectivity index (χ1) is 12.5. The number of hydrogen-bond donors (Lipinski definition) is 0. The molecule has 0 unspecified atom stereocenters. The van der Waals surface area contributed by atoms with Crippen molar-refractivity contribution in [1.29, 1.82) is 0 Å². The highest BCUT2D eigenvalue weighted by Crippen LogP contribution is 2.27. The number of furan rings is 1. The molecule has 3 aromatic rings. The Bertz CT molecular complexity index is 957. The Labute approximate surface area is 155 Å². The summed E-state index contributed by atoms with van der Waals surface area (Å²) in [5.74, 6) is -0.135. The summed E-state index contributed by atoms with van der Waals surface area (Å²) in [4.78, 5) is 21.5. The van der Waals surface area contributed by atoms with Gasteiger partial charge in [-0.2, -0.15) is 0 Å². The first-order valence-corrected chi connectivity index (χ1v) is 9.50. The van der Waals surface area contributed by atoms with Gasteiger partial charge in [0.25, 0.3) is 5.91 Å². The number of amides is 1. The van der Waals surface area contributed by atoms with Crippen LogP contribution in [0.15, 0.2) is 28.0 Å². The van der Waals surface area contributed by atoms with Crippen LogP contribution in [0.5, 0.6) is 0 Å². The molecule has 1 aromatic carbocycles. The minimum atomic E-state index is -0.328. The van der Waals surface area contributed by atoms with Crippen molar-refractivity contribution in [2.75, 3.05) is 26.2 Å². The van der Waals surface area contributed by atoms with Crippen molar-refractivity contribution in [1.82, 2.24) is 14.8 Å². The number of rotatable bonds is 3. The zero-order valence-corrected chi connectivity index (χ0v) is 15.6. The number of benzene rings is 1. The third-order valence-corrected chi connectivity index (χ3v) is 5.63. The summed E-state index contributed by atoms with van der Waals surface area (Å²) >= 11 is 1.66. The second kappa shape index (κ2) is 6.81. The van der Waals surface area contributed by atoms with Crippen LogP contribution in [-0.2, 0) is 6.54 Å². The van der Waals surface area contributed by atoms with Gasteiger partial charge in [-0.3, -0.25) is 9.69 Å². The number of nitrogens with zero attached hydrogens (tertiary/aromatic N) is 3. The number of fused-ring (bicyclic) bond motifs is 1. The smallest absolute Gasteiger partial charge is 0.289 e. The van der Waals surface area contributed by atoms with Crippen molar-refractivity contribution in [2.24, 2.45) is 0 Å². The molecule has 0 spiro atoms. The van der Waals surface area contributed by atoms with Gasteiger partial charge in [0.15, 0.2) is 5.76 Å². The SMILES string of the molecule is Cc1nc(CN2CCN(C(=O)c3oc4ccc(F)cc4c3C)CC2)cs1. The molecular weight excluding hydrogens is 353 g/mol. The Morgan fingerprint density at radius 3 is 2.73 bits per heavy atom. The number of aryl methyl sites for hydroxylation is 2. The number of carbonyl (C=O) groups excluding carboxylic acids is 1. The van der Waals surface area contributed by atoms with Crippen molar-refractivity contribution in [3.05, 3.63) is 51.4 Å². The molecule has 0 aliphatic carbocycles. The van der Waals surface area contributed by atoms with E-state index in [2.05, 4.69) is 15.3 Å². The van der Waals surface area contributed by atoms with Crippen LogP contribution in [0, 0.1) is 19.7 Å². The summed E-state index contributed by atoms with van der Waals surface area (Å²) in [6, 6.07) is 4.33. The Hall–Kier alpha value is -2.25. The number of halogens is 1. The van der Waals surface area contributed by atoms with Crippen molar-refractivity contribution in [3.63, 3.8) is 0 Å². The van der Waals surface area contributed by atoms with Crippen LogP contribution in [-0.4, -0.2) is 46.9 Å². The molecule has 1 aliphatic rings. The zero-order chi connectivity index (χ0) is 18.3. The van der Waals surface area contributed by atoms with E-state index in [-0.39, 0.29) is 11.7 Å². The van der Waals surface area contributed by atoms with E-state index in [0.29, 0.717) is 35.4 Å². The van der Waals surface area contributed by atoms with Crippen LogP contribution in [0.2, 0.25) is 0 Å². The number of aromatic nitrogens is 1. The van der Waals surface area contributed by atoms with Crippen LogP contribution in [0.4, 0.5) is 4.39 Å². The fourth-order valence-electron chi connectivity index (χ4n) is 3.36. The van der Waals surface area contributed by atoms with Crippen LogP contribution in [0.25, 0.3) is 11.0 Å². The van der Waals surface area contributed by atoms with E-state index in [9.17, 15) is 9.18 Å². The number of thiazole rings is 1. The maximum Gasteiger partial charge on any atom is 0.289 e. The van der Waals surface area contributed by atoms with Crippen LogP contribution < -0.4 is 0 Å². The molecule has 0 atom stereocenters. The van der Waals surface area contributed by atoms with E-state index >= 15 is 0 Å². The quantitative estimate of drug-likeness (QED) is 0.704. The minimum absolute atomic E-state index is 0.122. The molecule has 26 heavy (non-hydrogen) atoms. The summed E-state index contributed by atoms with van der Waals surface area (Å²) in [5.41, 5.74) is 2.33. The lowest BCUT2D eigenvalue weighted by Gasteiger charge is -2.34. The van der Waals surface area contributed by atoms with E-state index in [1.54, 1.807) is 24.3 Å². The van der Waals surface area contributed by atoms with Crippen LogP contribution in [0.1, 0.15) is 26.8 Å². The van der Waals surface area contributed by atoms with Gasteiger partial charge in [0.05, 0.1) is 10.7 Å². The van der Waals surface area contributed by atoms with Gasteiger partial charge in [-0.1, -0.05) is 0 Å². The standard InChI is InChI=1S/C19H20FN3O2S/c1-12-16-9-14(20)3-4-17(16)25-18(12)19(24)23-7-5-22(6-8-23)10-15-11-26-13(2)21-15/h3-4,9,11H,5-8,10H2,1-2H3. The van der Waals surface area contributed by atoms with E-state index < -0.39 is 0 Å². The zero-order valence-electron chi connectivity index (χ0n) is 14.8. The monoisotopic (exact) mass is 373 g/mol. The second-order valence-corrected chi connectivity index (χ2v) is 7.69. The molecule has 3 heterocycles. The average molecular weight is 373 g/mol. The molecule has 1 saturated heterocycles. The molecule has 5 nitrogen and oxygen atoms in total. The summed E-state index contributed by atoms with van der Waals surface area (Å²) in [5, 5.41) is 3.82. The first-order valence-electron chi connectivity index (χ1n) is 8.62. The summed E-state index contributed by atoms with van der Waals surface area (Å²) < 4.78 is 19.2. The van der Waals surface area contributed by atoms with Gasteiger partial charge in [0.1, 0.15) is 11.4 Å². The first kappa shape index (κ1) is 17.2. The highest BCUT2D eigenvalue weighted by Gasteiger charge is 2.27. The largest absolute Gasteiger partial charge is 0.451 e. The van der Waals surface area contributed by atoms with Gasteiger partial charge in [-0.05, 0) is 32.0 Å². The predicted octanol–water partition coefficient (Wildman–Crippen LogP) is 3.60. The van der Waals surface area contributed by atoms with Crippen molar-refractivity contribution in [2.45, 2.75) is 20.4 Å². The fourth-order valence-corrected chi connectivity index (χ4v) is 3.96. The molecule has 0 radical (unpaired) electrons. The Morgan fingerprint density at radius 2 is 2.04 bits per heavy atom. The third-order valence-electron chi connectivity index (χ3n) is 4.80. The maximum atomic E-state index is 13.5. The fraction of sp³-hybridized carbons (Fsp3) is 0.368. The Balaban J connectivity index is 1.44. The molecule has 1 aliphatic heterocycles. The van der Waals surface area contributed by atoms with Gasteiger partial charge in [-0.25, -0.2) is 9.37 Å². The maximum absolute atomic E-state index is 13.5. The average Bonchev–Trinajstić information content (AvgIpc) is 3.18. The number of carbonyl (C=O) groups is 1. The van der Waals surface area contributed by atoms with Crippen molar-refractivity contribution in [3.8, 4) is 0 Å². The molecule has 136 valence electrons. The summed E-state index contributed by atoms with van der Waals surface area (Å²) in [6.07, 6.45) is 0. The molecule has 1 amide bonds. The highest BCUT2D eigenvalue weighted by atomic mass is 32.1. The van der Waals surface area contributed by atoms with E-state index in [4.69, 9.17) is 4.42 Å². The lowest BCUT2D eigenvalue weighted by Crippen LogP contribution is -2.48. The van der Waals surface area contributed by atoms with Gasteiger partial charge < -0.3 is 9.32 Å². The molecule has 4 rings (SSSR count). The number of hydrogen-bond acceptors (Lipinski definition) is 5. The molecule has 2 aromatic heterocycles.